The van der Waals surface area contributed by atoms with Crippen LogP contribution in [0, 0.1) is 0 Å². The molecule has 1 aliphatic carbocycles. The number of pyridine rings is 1. The molecule has 1 saturated carbocycles. The number of benzene rings is 2. The van der Waals surface area contributed by atoms with E-state index in [4.69, 9.17) is 29.1 Å². The fraction of sp³-hybridized carbons (Fsp3) is 0.450. The van der Waals surface area contributed by atoms with E-state index < -0.39 is 17.4 Å². The Morgan fingerprint density at radius 1 is 0.833 bits per heavy atom. The van der Waals surface area contributed by atoms with Crippen LogP contribution >= 0.6 is 0 Å². The number of hydrogen-bond donors (Lipinski definition) is 0. The van der Waals surface area contributed by atoms with Crippen molar-refractivity contribution in [3.63, 3.8) is 0 Å². The number of piperazine rings is 1. The van der Waals surface area contributed by atoms with E-state index in [0.717, 1.165) is 35.5 Å². The van der Waals surface area contributed by atoms with Crippen molar-refractivity contribution in [3.05, 3.63) is 83.7 Å². The number of methoxy groups -OCH3 is 3. The maximum absolute atomic E-state index is 15.1. The van der Waals surface area contributed by atoms with Crippen molar-refractivity contribution in [1.82, 2.24) is 29.8 Å². The smallest absolute Gasteiger partial charge is 0.410 e. The highest BCUT2D eigenvalue weighted by Gasteiger charge is 2.51. The van der Waals surface area contributed by atoms with Gasteiger partial charge in [0.05, 0.1) is 33.1 Å². The second-order valence-corrected chi connectivity index (χ2v) is 14.5. The van der Waals surface area contributed by atoms with Crippen LogP contribution in [0.15, 0.2) is 66.9 Å². The molecular formula is C40H49N7O7. The van der Waals surface area contributed by atoms with Crippen molar-refractivity contribution in [1.29, 1.82) is 0 Å². The maximum Gasteiger partial charge on any atom is 0.410 e. The molecule has 0 spiro atoms. The van der Waals surface area contributed by atoms with Crippen LogP contribution in [0.3, 0.4) is 0 Å². The number of fused-ring (bicyclic) bond motifs is 1. The number of Topliss-reactive ketones (excluding diaryl/α,β-unsaturated/α-hetero) is 2. The Morgan fingerprint density at radius 3 is 1.96 bits per heavy atom. The molecule has 6 rings (SSSR count). The van der Waals surface area contributed by atoms with Gasteiger partial charge in [-0.3, -0.25) is 14.5 Å². The van der Waals surface area contributed by atoms with Crippen molar-refractivity contribution in [3.8, 4) is 23.1 Å². The van der Waals surface area contributed by atoms with Gasteiger partial charge in [0.25, 0.3) is 0 Å². The van der Waals surface area contributed by atoms with E-state index >= 15 is 4.79 Å². The fourth-order valence-electron chi connectivity index (χ4n) is 6.97. The Labute approximate surface area is 315 Å². The number of rotatable bonds is 14. The van der Waals surface area contributed by atoms with Crippen LogP contribution in [-0.2, 0) is 22.6 Å². The van der Waals surface area contributed by atoms with Crippen LogP contribution in [0.25, 0.3) is 5.69 Å². The third-order valence-electron chi connectivity index (χ3n) is 9.84. The molecule has 1 aliphatic heterocycles. The van der Waals surface area contributed by atoms with Crippen molar-refractivity contribution in [2.75, 3.05) is 39.3 Å². The van der Waals surface area contributed by atoms with Crippen LogP contribution in [0.2, 0.25) is 0 Å². The molecule has 3 heterocycles. The van der Waals surface area contributed by atoms with E-state index in [-0.39, 0.29) is 36.1 Å². The molecule has 1 saturated heterocycles. The summed E-state index contributed by atoms with van der Waals surface area (Å²) in [4.78, 5) is 53.6. The average Bonchev–Trinajstić information content (AvgIpc) is 3.61. The number of nitrogens with zero attached hydrogens (tertiary/aromatic N) is 7. The average molecular weight is 740 g/mol. The van der Waals surface area contributed by atoms with Gasteiger partial charge in [0, 0.05) is 50.9 Å². The highest BCUT2D eigenvalue weighted by atomic mass is 16.6. The predicted molar refractivity (Wildman–Crippen MR) is 201 cm³/mol. The minimum atomic E-state index is -1.12. The van der Waals surface area contributed by atoms with Gasteiger partial charge in [-0.25, -0.2) is 9.78 Å². The monoisotopic (exact) mass is 739 g/mol. The van der Waals surface area contributed by atoms with Crippen LogP contribution in [0.1, 0.15) is 68.6 Å². The molecule has 3 atom stereocenters. The van der Waals surface area contributed by atoms with E-state index in [1.807, 2.05) is 79.1 Å². The molecule has 14 heteroatoms. The van der Waals surface area contributed by atoms with Gasteiger partial charge in [-0.15, -0.1) is 15.0 Å². The minimum Gasteiger partial charge on any atom is -0.497 e. The minimum absolute atomic E-state index is 0.0602. The summed E-state index contributed by atoms with van der Waals surface area (Å²) in [5.41, 5.74) is 1.83. The first kappa shape index (κ1) is 38.2. The molecule has 2 aromatic carbocycles. The van der Waals surface area contributed by atoms with E-state index in [2.05, 4.69) is 4.98 Å². The molecule has 0 bridgehead atoms. The predicted octanol–water partition coefficient (Wildman–Crippen LogP) is 5.51. The van der Waals surface area contributed by atoms with Crippen molar-refractivity contribution < 1.29 is 33.3 Å². The van der Waals surface area contributed by atoms with Crippen molar-refractivity contribution in [2.24, 2.45) is 0 Å². The number of ketones is 2. The second-order valence-electron chi connectivity index (χ2n) is 14.5. The molecule has 2 aromatic heterocycles. The summed E-state index contributed by atoms with van der Waals surface area (Å²) in [6.45, 7) is 8.66. The lowest BCUT2D eigenvalue weighted by Crippen LogP contribution is -2.69. The quantitative estimate of drug-likeness (QED) is 0.119. The summed E-state index contributed by atoms with van der Waals surface area (Å²) < 4.78 is 21.9. The molecule has 4 aromatic rings. The number of ether oxygens (including phenoxy) is 4. The first-order chi connectivity index (χ1) is 25.9. The molecule has 54 heavy (non-hydrogen) atoms. The molecular weight excluding hydrogens is 690 g/mol. The molecule has 1 unspecified atom stereocenters. The van der Waals surface area contributed by atoms with E-state index in [1.165, 1.54) is 11.9 Å². The van der Waals surface area contributed by atoms with E-state index in [9.17, 15) is 9.59 Å². The van der Waals surface area contributed by atoms with Gasteiger partial charge < -0.3 is 28.7 Å². The van der Waals surface area contributed by atoms with Gasteiger partial charge >= 0.3 is 6.09 Å². The first-order valence-corrected chi connectivity index (χ1v) is 18.2. The largest absolute Gasteiger partial charge is 0.497 e. The zero-order valence-corrected chi connectivity index (χ0v) is 32.0. The SMILES string of the molecule is CCC(=O)C(C(=O)c1nn(-c2ccnc(OC)c2)nc1N(Cc1ccc(OC)cc1)Cc1ccc(OC)cc1)N1CCN(C(=O)OC(C)(C)C)[C@H]2CC[C@@H]21. The molecule has 14 nitrogen and oxygen atoms in total. The number of carbonyl (C=O) groups is 3. The standard InChI is InChI=1S/C40H49N7O7/c1-8-33(48)36(45-21-22-46(32-18-17-31(32)45)39(50)54-40(2,3)4)37(49)35-38(43-47(42-35)28-19-20-41-34(23-28)53-7)44(24-26-9-13-29(51-5)14-10-26)25-27-11-15-30(52-6)16-12-27/h9-16,19-20,23,31-32,36H,8,17-18,21-22,24-25H2,1-7H3/t31-,32-,36?/m0/s1. The summed E-state index contributed by atoms with van der Waals surface area (Å²) >= 11 is 0. The molecule has 286 valence electrons. The van der Waals surface area contributed by atoms with Crippen LogP contribution < -0.4 is 19.1 Å². The second kappa shape index (κ2) is 16.3. The van der Waals surface area contributed by atoms with Crippen LogP contribution in [0.4, 0.5) is 10.6 Å². The Hall–Kier alpha value is -5.50. The summed E-state index contributed by atoms with van der Waals surface area (Å²) in [5, 5.41) is 9.77. The number of anilines is 1. The number of amides is 1. The van der Waals surface area contributed by atoms with Gasteiger partial charge in [-0.1, -0.05) is 31.2 Å². The van der Waals surface area contributed by atoms with Crippen molar-refractivity contribution >= 4 is 23.5 Å². The Balaban J connectivity index is 1.42. The molecule has 2 aliphatic rings. The molecule has 1 amide bonds. The third kappa shape index (κ3) is 8.33. The zero-order valence-electron chi connectivity index (χ0n) is 32.0. The first-order valence-electron chi connectivity index (χ1n) is 18.2. The molecule has 0 radical (unpaired) electrons. The van der Waals surface area contributed by atoms with Gasteiger partial charge in [-0.2, -0.15) is 0 Å². The lowest BCUT2D eigenvalue weighted by molar-refractivity contribution is -0.127. The van der Waals surface area contributed by atoms with E-state index in [1.54, 1.807) is 44.4 Å². The van der Waals surface area contributed by atoms with Gasteiger partial charge in [0.15, 0.2) is 17.3 Å². The number of carbonyl (C=O) groups excluding carboxylic acids is 3. The zero-order chi connectivity index (χ0) is 38.6. The Morgan fingerprint density at radius 2 is 1.44 bits per heavy atom. The van der Waals surface area contributed by atoms with Gasteiger partial charge in [0.1, 0.15) is 23.1 Å². The summed E-state index contributed by atoms with van der Waals surface area (Å²) in [6.07, 6.45) is 2.83. The Bertz CT molecular complexity index is 1890. The molecule has 0 N–H and O–H groups in total. The van der Waals surface area contributed by atoms with Crippen LogP contribution in [0.5, 0.6) is 17.4 Å². The maximum atomic E-state index is 15.1. The summed E-state index contributed by atoms with van der Waals surface area (Å²) in [5.74, 6) is 1.43. The lowest BCUT2D eigenvalue weighted by atomic mass is 9.80. The summed E-state index contributed by atoms with van der Waals surface area (Å²) in [6, 6.07) is 17.3. The van der Waals surface area contributed by atoms with Crippen LogP contribution in [-0.4, -0.2) is 106 Å². The highest BCUT2D eigenvalue weighted by molar-refractivity contribution is 6.15. The normalized spacial score (nSPS) is 17.5. The Kier molecular flexibility index (Phi) is 11.5. The van der Waals surface area contributed by atoms with Crippen molar-refractivity contribution in [2.45, 2.75) is 83.8 Å². The fourth-order valence-corrected chi connectivity index (χ4v) is 6.97. The molecule has 2 fully saturated rings. The number of aromatic nitrogens is 4. The third-order valence-corrected chi connectivity index (χ3v) is 9.84. The topological polar surface area (TPSA) is 141 Å². The van der Waals surface area contributed by atoms with Gasteiger partial charge in [-0.05, 0) is 75.1 Å². The van der Waals surface area contributed by atoms with E-state index in [0.29, 0.717) is 43.6 Å². The summed E-state index contributed by atoms with van der Waals surface area (Å²) in [7, 11) is 4.75. The highest BCUT2D eigenvalue weighted by Crippen LogP contribution is 2.37. The number of hydrogen-bond acceptors (Lipinski definition) is 12. The lowest BCUT2D eigenvalue weighted by Gasteiger charge is -2.55. The van der Waals surface area contributed by atoms with Gasteiger partial charge in [0.2, 0.25) is 11.7 Å².